The summed E-state index contributed by atoms with van der Waals surface area (Å²) in [7, 11) is 0. The number of carbonyl (C=O) groups is 3. The fraction of sp³-hybridized carbons (Fsp3) is 0.348. The van der Waals surface area contributed by atoms with Crippen molar-refractivity contribution < 1.29 is 14.4 Å². The zero-order valence-electron chi connectivity index (χ0n) is 17.2. The zero-order chi connectivity index (χ0) is 21.3. The summed E-state index contributed by atoms with van der Waals surface area (Å²) in [6.07, 6.45) is 1.96. The maximum atomic E-state index is 12.9. The summed E-state index contributed by atoms with van der Waals surface area (Å²) in [6, 6.07) is 17.3. The highest BCUT2D eigenvalue weighted by atomic mass is 16.2. The molecule has 2 atom stereocenters. The van der Waals surface area contributed by atoms with Gasteiger partial charge in [0, 0.05) is 11.7 Å². The minimum absolute atomic E-state index is 0.0793. The van der Waals surface area contributed by atoms with Crippen LogP contribution in [0.4, 0.5) is 10.5 Å². The van der Waals surface area contributed by atoms with Crippen molar-refractivity contribution in [3.05, 3.63) is 65.7 Å². The highest BCUT2D eigenvalue weighted by Gasteiger charge is 2.48. The van der Waals surface area contributed by atoms with Crippen LogP contribution in [0.3, 0.4) is 0 Å². The molecule has 0 spiro atoms. The van der Waals surface area contributed by atoms with Crippen molar-refractivity contribution in [2.45, 2.75) is 44.7 Å². The van der Waals surface area contributed by atoms with E-state index in [1.807, 2.05) is 53.4 Å². The molecule has 7 nitrogen and oxygen atoms in total. The lowest BCUT2D eigenvalue weighted by Crippen LogP contribution is -2.51. The maximum Gasteiger partial charge on any atom is 0.344 e. The van der Waals surface area contributed by atoms with Gasteiger partial charge >= 0.3 is 6.03 Å². The third kappa shape index (κ3) is 3.75. The lowest BCUT2D eigenvalue weighted by molar-refractivity contribution is -0.138. The summed E-state index contributed by atoms with van der Waals surface area (Å²) in [5.74, 6) is -0.832. The quantitative estimate of drug-likeness (QED) is 0.722. The van der Waals surface area contributed by atoms with E-state index in [1.54, 1.807) is 6.92 Å². The molecule has 0 aromatic heterocycles. The van der Waals surface area contributed by atoms with Crippen molar-refractivity contribution in [1.82, 2.24) is 15.8 Å². The Hall–Kier alpha value is -3.35. The fourth-order valence-electron chi connectivity index (χ4n) is 4.18. The summed E-state index contributed by atoms with van der Waals surface area (Å²) in [4.78, 5) is 40.0. The van der Waals surface area contributed by atoms with E-state index >= 15 is 0 Å². The smallest absolute Gasteiger partial charge is 0.344 e. The van der Waals surface area contributed by atoms with Crippen LogP contribution in [-0.4, -0.2) is 41.0 Å². The standard InChI is InChI=1S/C23H26N4O3/c1-16-14-18-10-6-7-11-19(18)26(16)15-20(28)25-27-21(29)23(2,24-22(27)30)13-12-17-8-4-3-5-9-17/h3-11,16H,12-15H2,1-2H3,(H,24,30)(H,25,28). The lowest BCUT2D eigenvalue weighted by atomic mass is 9.93. The molecule has 1 saturated heterocycles. The molecule has 30 heavy (non-hydrogen) atoms. The van der Waals surface area contributed by atoms with E-state index in [4.69, 9.17) is 0 Å². The van der Waals surface area contributed by atoms with Gasteiger partial charge in [-0.05, 0) is 50.3 Å². The summed E-state index contributed by atoms with van der Waals surface area (Å²) >= 11 is 0. The number of fused-ring (bicyclic) bond motifs is 1. The van der Waals surface area contributed by atoms with E-state index in [2.05, 4.69) is 23.7 Å². The number of hydrogen-bond donors (Lipinski definition) is 2. The van der Waals surface area contributed by atoms with Gasteiger partial charge in [0.2, 0.25) is 0 Å². The molecule has 2 N–H and O–H groups in total. The van der Waals surface area contributed by atoms with Gasteiger partial charge in [-0.25, -0.2) is 4.79 Å². The van der Waals surface area contributed by atoms with Gasteiger partial charge in [-0.3, -0.25) is 15.0 Å². The maximum absolute atomic E-state index is 12.9. The molecule has 156 valence electrons. The van der Waals surface area contributed by atoms with Crippen molar-refractivity contribution in [2.24, 2.45) is 0 Å². The average Bonchev–Trinajstić information content (AvgIpc) is 3.16. The number of hydrazine groups is 1. The van der Waals surface area contributed by atoms with Crippen molar-refractivity contribution in [1.29, 1.82) is 0 Å². The number of aryl methyl sites for hydroxylation is 1. The molecule has 2 unspecified atom stereocenters. The summed E-state index contributed by atoms with van der Waals surface area (Å²) in [5, 5.41) is 3.55. The van der Waals surface area contributed by atoms with Crippen LogP contribution >= 0.6 is 0 Å². The summed E-state index contributed by atoms with van der Waals surface area (Å²) in [5.41, 5.74) is 4.76. The predicted octanol–water partition coefficient (Wildman–Crippen LogP) is 2.41. The predicted molar refractivity (Wildman–Crippen MR) is 114 cm³/mol. The molecule has 7 heteroatoms. The van der Waals surface area contributed by atoms with Crippen LogP contribution in [0.5, 0.6) is 0 Å². The number of imide groups is 1. The van der Waals surface area contributed by atoms with Crippen LogP contribution in [0.1, 0.15) is 31.4 Å². The number of rotatable bonds is 6. The second kappa shape index (κ2) is 7.82. The number of amides is 4. The Kier molecular flexibility index (Phi) is 5.20. The first-order chi connectivity index (χ1) is 14.4. The number of hydrogen-bond acceptors (Lipinski definition) is 4. The van der Waals surface area contributed by atoms with Crippen LogP contribution in [-0.2, 0) is 22.4 Å². The van der Waals surface area contributed by atoms with Crippen LogP contribution in [0.15, 0.2) is 54.6 Å². The van der Waals surface area contributed by atoms with Gasteiger partial charge in [0.15, 0.2) is 0 Å². The third-order valence-corrected chi connectivity index (χ3v) is 5.92. The zero-order valence-corrected chi connectivity index (χ0v) is 17.2. The molecule has 0 aliphatic carbocycles. The number of anilines is 1. The first-order valence-corrected chi connectivity index (χ1v) is 10.2. The molecule has 1 fully saturated rings. The Morgan fingerprint density at radius 1 is 1.13 bits per heavy atom. The Bertz CT molecular complexity index is 977. The van der Waals surface area contributed by atoms with Gasteiger partial charge in [0.1, 0.15) is 5.54 Å². The molecule has 2 aliphatic heterocycles. The van der Waals surface area contributed by atoms with Crippen molar-refractivity contribution >= 4 is 23.5 Å². The third-order valence-electron chi connectivity index (χ3n) is 5.92. The molecule has 0 saturated carbocycles. The first kappa shape index (κ1) is 19.9. The molecular formula is C23H26N4O3. The average molecular weight is 406 g/mol. The Morgan fingerprint density at radius 2 is 1.83 bits per heavy atom. The minimum atomic E-state index is -1.05. The van der Waals surface area contributed by atoms with E-state index in [0.29, 0.717) is 12.8 Å². The number of urea groups is 1. The SMILES string of the molecule is CC1Cc2ccccc2N1CC(=O)NN1C(=O)NC(C)(CCc2ccccc2)C1=O. The number of nitrogens with one attached hydrogen (secondary N) is 2. The van der Waals surface area contributed by atoms with Crippen molar-refractivity contribution in [3.63, 3.8) is 0 Å². The highest BCUT2D eigenvalue weighted by molar-refractivity contribution is 6.07. The molecular weight excluding hydrogens is 380 g/mol. The summed E-state index contributed by atoms with van der Waals surface area (Å²) in [6.45, 7) is 3.83. The monoisotopic (exact) mass is 406 g/mol. The van der Waals surface area contributed by atoms with Crippen molar-refractivity contribution in [3.8, 4) is 0 Å². The second-order valence-electron chi connectivity index (χ2n) is 8.23. The van der Waals surface area contributed by atoms with Gasteiger partial charge in [0.25, 0.3) is 11.8 Å². The molecule has 2 aromatic rings. The molecule has 2 heterocycles. The Balaban J connectivity index is 1.39. The molecule has 4 amide bonds. The van der Waals surface area contributed by atoms with Gasteiger partial charge < -0.3 is 10.2 Å². The van der Waals surface area contributed by atoms with Gasteiger partial charge in [0.05, 0.1) is 6.54 Å². The molecule has 4 rings (SSSR count). The molecule has 0 radical (unpaired) electrons. The van der Waals surface area contributed by atoms with Crippen LogP contribution in [0.2, 0.25) is 0 Å². The van der Waals surface area contributed by atoms with E-state index < -0.39 is 23.4 Å². The number of carbonyl (C=O) groups excluding carboxylic acids is 3. The van der Waals surface area contributed by atoms with E-state index in [-0.39, 0.29) is 12.6 Å². The van der Waals surface area contributed by atoms with Gasteiger partial charge in [-0.1, -0.05) is 48.5 Å². The van der Waals surface area contributed by atoms with Crippen LogP contribution in [0, 0.1) is 0 Å². The highest BCUT2D eigenvalue weighted by Crippen LogP contribution is 2.31. The normalized spacial score (nSPS) is 22.8. The minimum Gasteiger partial charge on any atom is -0.359 e. The van der Waals surface area contributed by atoms with E-state index in [9.17, 15) is 14.4 Å². The lowest BCUT2D eigenvalue weighted by Gasteiger charge is -2.25. The van der Waals surface area contributed by atoms with E-state index in [1.165, 1.54) is 5.56 Å². The van der Waals surface area contributed by atoms with Crippen molar-refractivity contribution in [2.75, 3.05) is 11.4 Å². The molecule has 0 bridgehead atoms. The van der Waals surface area contributed by atoms with Gasteiger partial charge in [-0.2, -0.15) is 5.01 Å². The second-order valence-corrected chi connectivity index (χ2v) is 8.23. The van der Waals surface area contributed by atoms with E-state index in [0.717, 1.165) is 22.7 Å². The number of nitrogens with zero attached hydrogens (tertiary/aromatic N) is 2. The van der Waals surface area contributed by atoms with Crippen LogP contribution < -0.4 is 15.6 Å². The number of para-hydroxylation sites is 1. The van der Waals surface area contributed by atoms with Crippen LogP contribution in [0.25, 0.3) is 0 Å². The largest absolute Gasteiger partial charge is 0.359 e. The first-order valence-electron chi connectivity index (χ1n) is 10.2. The van der Waals surface area contributed by atoms with Gasteiger partial charge in [-0.15, -0.1) is 0 Å². The number of benzene rings is 2. The topological polar surface area (TPSA) is 81.8 Å². The molecule has 2 aliphatic rings. The molecule has 2 aromatic carbocycles. The Labute approximate surface area is 176 Å². The fourth-order valence-corrected chi connectivity index (χ4v) is 4.18. The Morgan fingerprint density at radius 3 is 2.60 bits per heavy atom. The summed E-state index contributed by atoms with van der Waals surface area (Å²) < 4.78 is 0.